The molecule has 9 heterocycles. The summed E-state index contributed by atoms with van der Waals surface area (Å²) in [5.74, 6) is 0.105. The lowest BCUT2D eigenvalue weighted by atomic mass is 10.1. The van der Waals surface area contributed by atoms with Crippen LogP contribution in [0.5, 0.6) is 0 Å². The van der Waals surface area contributed by atoms with Crippen molar-refractivity contribution in [1.29, 1.82) is 0 Å². The lowest BCUT2D eigenvalue weighted by Gasteiger charge is -2.34. The molecule has 15 rings (SSSR count). The van der Waals surface area contributed by atoms with Gasteiger partial charge in [0.15, 0.2) is 0 Å². The Morgan fingerprint density at radius 1 is 0.419 bits per heavy atom. The van der Waals surface area contributed by atoms with Crippen LogP contribution in [0.2, 0.25) is 20.1 Å². The van der Waals surface area contributed by atoms with E-state index in [1.165, 1.54) is 48.5 Å². The van der Waals surface area contributed by atoms with Gasteiger partial charge in [0.25, 0.3) is 23.6 Å². The molecule has 2 fully saturated rings. The van der Waals surface area contributed by atoms with E-state index >= 15 is 0 Å². The summed E-state index contributed by atoms with van der Waals surface area (Å²) in [5, 5.41) is 16.7. The van der Waals surface area contributed by atoms with Gasteiger partial charge in [-0.3, -0.25) is 48.7 Å². The number of benzene rings is 6. The van der Waals surface area contributed by atoms with Crippen LogP contribution in [0, 0.1) is 0 Å². The van der Waals surface area contributed by atoms with Gasteiger partial charge in [0, 0.05) is 191 Å². The highest BCUT2D eigenvalue weighted by atomic mass is 35.5. The maximum atomic E-state index is 12.7. The number of halogens is 4. The van der Waals surface area contributed by atoms with Gasteiger partial charge in [-0.15, -0.1) is 0 Å². The number of aromatic nitrogens is 8. The van der Waals surface area contributed by atoms with Crippen molar-refractivity contribution in [2.45, 2.75) is 48.9 Å². The van der Waals surface area contributed by atoms with Crippen molar-refractivity contribution in [3.63, 3.8) is 0 Å². The molecule has 2 aliphatic rings. The largest absolute Gasteiger partial charge is 0.370 e. The van der Waals surface area contributed by atoms with Crippen LogP contribution < -0.4 is 40.9 Å². The number of amides is 6. The second-order valence-corrected chi connectivity index (χ2v) is 36.6. The van der Waals surface area contributed by atoms with Gasteiger partial charge >= 0.3 is 0 Å². The van der Waals surface area contributed by atoms with Crippen LogP contribution in [-0.4, -0.2) is 181 Å². The maximum absolute atomic E-state index is 12.7. The number of carbonyl (C=O) groups is 6. The molecular weight excluding hydrogens is 1790 g/mol. The Kier molecular flexibility index (Phi) is 33.4. The number of imidazole rings is 1. The van der Waals surface area contributed by atoms with Crippen LogP contribution in [0.1, 0.15) is 74.0 Å². The van der Waals surface area contributed by atoms with Crippen LogP contribution in [0.4, 0.5) is 34.4 Å². The number of anilines is 6. The molecule has 0 aliphatic carbocycles. The number of nitrogens with zero attached hydrogens (tertiary/aromatic N) is 11. The molecule has 129 heavy (non-hydrogen) atoms. The first-order valence-electron chi connectivity index (χ1n) is 40.4. The summed E-state index contributed by atoms with van der Waals surface area (Å²) < 4.78 is 78.8. The molecule has 13 aromatic rings. The highest BCUT2D eigenvalue weighted by molar-refractivity contribution is 7.91. The molecule has 0 saturated carbocycles. The number of hydrogen-bond donors (Lipinski definition) is 7. The van der Waals surface area contributed by atoms with E-state index in [4.69, 9.17) is 46.4 Å². The van der Waals surface area contributed by atoms with Crippen LogP contribution in [0.15, 0.2) is 284 Å². The predicted molar refractivity (Wildman–Crippen MR) is 502 cm³/mol. The van der Waals surface area contributed by atoms with Gasteiger partial charge in [-0.05, 0) is 213 Å². The van der Waals surface area contributed by atoms with Gasteiger partial charge in [0.1, 0.15) is 21.5 Å². The zero-order chi connectivity index (χ0) is 91.5. The number of piperazine rings is 1. The minimum Gasteiger partial charge on any atom is -0.370 e. The van der Waals surface area contributed by atoms with Crippen molar-refractivity contribution in [2.24, 2.45) is 0 Å². The molecule has 7 N–H and O–H groups in total. The fourth-order valence-corrected chi connectivity index (χ4v) is 16.7. The molecule has 7 aromatic heterocycles. The Morgan fingerprint density at radius 2 is 0.822 bits per heavy atom. The SMILES string of the molecule is CC(=O)N1CCN(c2ccc(C(=O)Nc3ccc(Cl)c(-c4ccccn4)c3)cn2)CC1.CS(=O)(=O)CCNS(=O)(=O)c1ccc(C(=O)Nc2ccc(Cl)c(-c3ccccn3)c2)cc1.O=C(Nc1ccc(Cl)c(-c2ccccn2)c1)c1ccc(NCCCn2ccnc2)nc1.O=C(Nc1ccc(Cl)c(-c2ccccn2)c1)c1ccc(S(=O)(=O)NCCCN2CCCC2=O)cc1. The highest BCUT2D eigenvalue weighted by Crippen LogP contribution is 2.34. The predicted octanol–water partition coefficient (Wildman–Crippen LogP) is 15.4. The van der Waals surface area contributed by atoms with Gasteiger partial charge < -0.3 is 45.9 Å². The van der Waals surface area contributed by atoms with Crippen molar-refractivity contribution in [2.75, 3.05) is 102 Å². The van der Waals surface area contributed by atoms with E-state index in [2.05, 4.69) is 75.8 Å². The summed E-state index contributed by atoms with van der Waals surface area (Å²) in [6.07, 6.45) is 19.2. The number of carbonyl (C=O) groups excluding carboxylic acids is 6. The first kappa shape index (κ1) is 94.9. The van der Waals surface area contributed by atoms with E-state index in [0.29, 0.717) is 115 Å². The van der Waals surface area contributed by atoms with Crippen molar-refractivity contribution in [1.82, 2.24) is 58.7 Å². The van der Waals surface area contributed by atoms with Crippen molar-refractivity contribution < 1.29 is 54.0 Å². The standard InChI is InChI=1S/C25H25ClN4O4S.C23H21ClN6O.C23H22ClN5O2.C21H20ClN3O5S2/c26-22-12-9-19(17-21(22)23-5-1-2-13-27-23)29-25(32)18-7-10-20(11-8-18)35(33,34)28-14-4-16-30-15-3-6-24(30)31;24-20-7-6-18(14-19(20)21-4-1-2-9-26-21)29-23(31)17-5-8-22(28-15-17)27-10-3-12-30-13-11-25-16-30;1-16(30)28-10-12-29(13-11-28)22-8-5-17(15-26-22)23(31)27-18-6-7-20(24)19(14-18)21-4-2-3-9-25-21;1-31(27,28)13-12-24-32(29,30)17-8-5-15(6-9-17)21(26)25-16-7-10-19(22)18(14-16)20-4-2-3-11-23-20/h1-2,5,7-13,17,28H,3-4,6,14-16H2,(H,29,32);1-2,4-9,11,13-16H,3,10,12H2,(H,27,28)(H,29,31);2-9,14-15H,10-13H2,1H3,(H,27,31);2-11,14,24H,12-13H2,1H3,(H,25,26). The first-order valence-corrected chi connectivity index (χ1v) is 47.0. The van der Waals surface area contributed by atoms with Gasteiger partial charge in [0.2, 0.25) is 31.9 Å². The summed E-state index contributed by atoms with van der Waals surface area (Å²) in [6, 6.07) is 60.9. The van der Waals surface area contributed by atoms with Gasteiger partial charge in [-0.2, -0.15) is 0 Å². The molecule has 0 radical (unpaired) electrons. The Balaban J connectivity index is 0.000000156. The number of pyridine rings is 6. The Morgan fingerprint density at radius 3 is 1.18 bits per heavy atom. The summed E-state index contributed by atoms with van der Waals surface area (Å²) in [6.45, 7) is 7.29. The molecular formula is C92H88Cl4N18O12S3. The van der Waals surface area contributed by atoms with E-state index in [1.54, 1.807) is 165 Å². The summed E-state index contributed by atoms with van der Waals surface area (Å²) in [7, 11) is -10.9. The van der Waals surface area contributed by atoms with Crippen LogP contribution in [-0.2, 0) is 46.0 Å². The molecule has 0 atom stereocenters. The number of sulfone groups is 1. The average Bonchev–Trinajstić information content (AvgIpc) is 1.14. The van der Waals surface area contributed by atoms with Crippen molar-refractivity contribution >= 4 is 146 Å². The molecule has 6 amide bonds. The quantitative estimate of drug-likeness (QED) is 0.0214. The normalized spacial score (nSPS) is 12.5. The van der Waals surface area contributed by atoms with Crippen LogP contribution in [0.3, 0.4) is 0 Å². The molecule has 664 valence electrons. The number of likely N-dealkylation sites (tertiary alicyclic amines) is 1. The van der Waals surface area contributed by atoms with Gasteiger partial charge in [-0.25, -0.2) is 49.6 Å². The second kappa shape index (κ2) is 45.5. The van der Waals surface area contributed by atoms with Gasteiger partial charge in [-0.1, -0.05) is 70.7 Å². The van der Waals surface area contributed by atoms with Crippen LogP contribution >= 0.6 is 46.4 Å². The molecule has 30 nitrogen and oxygen atoms in total. The highest BCUT2D eigenvalue weighted by Gasteiger charge is 2.25. The number of nitrogens with one attached hydrogen (secondary N) is 7. The third-order valence-corrected chi connectivity index (χ3v) is 25.1. The van der Waals surface area contributed by atoms with E-state index in [0.717, 1.165) is 86.0 Å². The third kappa shape index (κ3) is 27.9. The average molecular weight is 1880 g/mol. The zero-order valence-corrected chi connectivity index (χ0v) is 75.1. The fourth-order valence-electron chi connectivity index (χ4n) is 13.1. The molecule has 0 unspecified atom stereocenters. The fraction of sp³-hybridized carbons (Fsp3) is 0.185. The van der Waals surface area contributed by atoms with Crippen molar-refractivity contribution in [3.05, 3.63) is 317 Å². The number of sulfonamides is 2. The third-order valence-electron chi connectivity index (χ3n) is 19.9. The van der Waals surface area contributed by atoms with Crippen LogP contribution in [0.25, 0.3) is 45.0 Å². The minimum atomic E-state index is -3.89. The molecule has 2 saturated heterocycles. The smallest absolute Gasteiger partial charge is 0.257 e. The second-order valence-electron chi connectivity index (χ2n) is 29.2. The Hall–Kier alpha value is -13.2. The zero-order valence-electron chi connectivity index (χ0n) is 69.6. The van der Waals surface area contributed by atoms with Crippen molar-refractivity contribution in [3.8, 4) is 45.0 Å². The van der Waals surface area contributed by atoms with E-state index in [-0.39, 0.29) is 63.7 Å². The van der Waals surface area contributed by atoms with E-state index in [1.807, 2.05) is 82.4 Å². The number of hydrogen-bond acceptors (Lipinski definition) is 21. The minimum absolute atomic E-state index is 0.0650. The molecule has 0 bridgehead atoms. The number of rotatable bonds is 29. The summed E-state index contributed by atoms with van der Waals surface area (Å²) in [4.78, 5) is 109. The van der Waals surface area contributed by atoms with Gasteiger partial charge in [0.05, 0.1) is 75.9 Å². The monoisotopic (exact) mass is 1870 g/mol. The topological polar surface area (TPSA) is 394 Å². The Labute approximate surface area is 766 Å². The summed E-state index contributed by atoms with van der Waals surface area (Å²) in [5.41, 5.74) is 9.46. The molecule has 6 aromatic carbocycles. The molecule has 0 spiro atoms. The molecule has 37 heteroatoms. The lowest BCUT2D eigenvalue weighted by molar-refractivity contribution is -0.129. The first-order chi connectivity index (χ1) is 62.1. The van der Waals surface area contributed by atoms with E-state index in [9.17, 15) is 54.0 Å². The summed E-state index contributed by atoms with van der Waals surface area (Å²) >= 11 is 25.2. The maximum Gasteiger partial charge on any atom is 0.257 e. The molecule has 2 aliphatic heterocycles. The number of aryl methyl sites for hydroxylation is 1. The van der Waals surface area contributed by atoms with E-state index < -0.39 is 35.8 Å². The lowest BCUT2D eigenvalue weighted by Crippen LogP contribution is -2.48. The Bertz CT molecular complexity index is 6410.